The summed E-state index contributed by atoms with van der Waals surface area (Å²) in [5.74, 6) is 0.785. The van der Waals surface area contributed by atoms with Crippen molar-refractivity contribution < 1.29 is 4.74 Å². The lowest BCUT2D eigenvalue weighted by molar-refractivity contribution is 0.306. The highest BCUT2D eigenvalue weighted by atomic mass is 79.9. The molecule has 5 heteroatoms. The molecule has 0 aliphatic carbocycles. The number of rotatable bonds is 5. The fourth-order valence-electron chi connectivity index (χ4n) is 1.80. The van der Waals surface area contributed by atoms with E-state index in [4.69, 9.17) is 33.7 Å². The Morgan fingerprint density at radius 1 is 1.05 bits per heavy atom. The molecule has 0 heterocycles. The van der Waals surface area contributed by atoms with E-state index in [1.807, 2.05) is 24.3 Å². The molecule has 2 aromatic rings. The Labute approximate surface area is 137 Å². The van der Waals surface area contributed by atoms with E-state index in [9.17, 15) is 0 Å². The molecule has 2 aromatic carbocycles. The maximum absolute atomic E-state index is 6.11. The maximum Gasteiger partial charge on any atom is 0.120 e. The molecule has 0 aliphatic heterocycles. The van der Waals surface area contributed by atoms with Crippen molar-refractivity contribution >= 4 is 39.1 Å². The van der Waals surface area contributed by atoms with Crippen LogP contribution in [0.25, 0.3) is 0 Å². The second-order valence-corrected chi connectivity index (χ2v) is 6.01. The SMILES string of the molecule is NCCc1cc(OCc2cc(Cl)ccc2Cl)ccc1Br. The van der Waals surface area contributed by atoms with Gasteiger partial charge in [0.1, 0.15) is 12.4 Å². The highest BCUT2D eigenvalue weighted by Gasteiger charge is 2.05. The predicted molar refractivity (Wildman–Crippen MR) is 87.7 cm³/mol. The van der Waals surface area contributed by atoms with E-state index >= 15 is 0 Å². The lowest BCUT2D eigenvalue weighted by atomic mass is 10.1. The van der Waals surface area contributed by atoms with Gasteiger partial charge in [-0.05, 0) is 54.9 Å². The smallest absolute Gasteiger partial charge is 0.120 e. The Morgan fingerprint density at radius 2 is 1.85 bits per heavy atom. The highest BCUT2D eigenvalue weighted by Crippen LogP contribution is 2.25. The van der Waals surface area contributed by atoms with E-state index in [1.165, 1.54) is 0 Å². The van der Waals surface area contributed by atoms with E-state index in [1.54, 1.807) is 12.1 Å². The summed E-state index contributed by atoms with van der Waals surface area (Å²) < 4.78 is 6.80. The topological polar surface area (TPSA) is 35.2 Å². The van der Waals surface area contributed by atoms with Gasteiger partial charge in [-0.1, -0.05) is 39.1 Å². The monoisotopic (exact) mass is 373 g/mol. The van der Waals surface area contributed by atoms with Crippen LogP contribution in [0.4, 0.5) is 0 Å². The molecule has 0 unspecified atom stereocenters. The molecule has 0 bridgehead atoms. The molecular weight excluding hydrogens is 361 g/mol. The van der Waals surface area contributed by atoms with Gasteiger partial charge in [-0.25, -0.2) is 0 Å². The van der Waals surface area contributed by atoms with E-state index < -0.39 is 0 Å². The molecule has 2 rings (SSSR count). The van der Waals surface area contributed by atoms with Gasteiger partial charge in [-0.3, -0.25) is 0 Å². The molecule has 0 radical (unpaired) electrons. The van der Waals surface area contributed by atoms with Gasteiger partial charge in [0.25, 0.3) is 0 Å². The van der Waals surface area contributed by atoms with Crippen molar-refractivity contribution in [3.05, 3.63) is 62.0 Å². The molecule has 0 atom stereocenters. The summed E-state index contributed by atoms with van der Waals surface area (Å²) in [6.45, 7) is 0.977. The molecule has 0 fully saturated rings. The number of halogens is 3. The summed E-state index contributed by atoms with van der Waals surface area (Å²) in [6.07, 6.45) is 0.801. The van der Waals surface area contributed by atoms with Crippen molar-refractivity contribution in [2.45, 2.75) is 13.0 Å². The van der Waals surface area contributed by atoms with Crippen LogP contribution in [0.1, 0.15) is 11.1 Å². The van der Waals surface area contributed by atoms with Crippen LogP contribution in [-0.4, -0.2) is 6.54 Å². The summed E-state index contributed by atoms with van der Waals surface area (Å²) in [5, 5.41) is 1.29. The third-order valence-corrected chi connectivity index (χ3v) is 4.21. The average molecular weight is 375 g/mol. The number of benzene rings is 2. The quantitative estimate of drug-likeness (QED) is 0.812. The molecule has 0 saturated carbocycles. The first-order valence-corrected chi connectivity index (χ1v) is 7.70. The minimum absolute atomic E-state index is 0.378. The first-order valence-electron chi connectivity index (χ1n) is 6.15. The second kappa shape index (κ2) is 7.32. The van der Waals surface area contributed by atoms with Crippen LogP contribution in [0.15, 0.2) is 40.9 Å². The zero-order valence-corrected chi connectivity index (χ0v) is 13.8. The Kier molecular flexibility index (Phi) is 5.73. The van der Waals surface area contributed by atoms with Gasteiger partial charge >= 0.3 is 0 Å². The Balaban J connectivity index is 2.10. The van der Waals surface area contributed by atoms with E-state index in [0.29, 0.717) is 23.2 Å². The van der Waals surface area contributed by atoms with Crippen molar-refractivity contribution in [1.29, 1.82) is 0 Å². The van der Waals surface area contributed by atoms with Gasteiger partial charge < -0.3 is 10.5 Å². The van der Waals surface area contributed by atoms with Crippen molar-refractivity contribution in [2.75, 3.05) is 6.54 Å². The summed E-state index contributed by atoms with van der Waals surface area (Å²) in [4.78, 5) is 0. The van der Waals surface area contributed by atoms with Gasteiger partial charge in [-0.15, -0.1) is 0 Å². The lowest BCUT2D eigenvalue weighted by Crippen LogP contribution is -2.04. The summed E-state index contributed by atoms with van der Waals surface area (Å²) in [6, 6.07) is 11.2. The Hall–Kier alpha value is -0.740. The lowest BCUT2D eigenvalue weighted by Gasteiger charge is -2.10. The minimum atomic E-state index is 0.378. The average Bonchev–Trinajstić information content (AvgIpc) is 2.43. The Bertz CT molecular complexity index is 604. The normalized spacial score (nSPS) is 10.6. The molecule has 0 saturated heterocycles. The van der Waals surface area contributed by atoms with Crippen molar-refractivity contribution in [3.8, 4) is 5.75 Å². The van der Waals surface area contributed by atoms with Gasteiger partial charge in [0.05, 0.1) is 0 Å². The number of hydrogen-bond acceptors (Lipinski definition) is 2. The second-order valence-electron chi connectivity index (χ2n) is 4.32. The summed E-state index contributed by atoms with van der Waals surface area (Å²) in [5.41, 5.74) is 7.58. The third kappa shape index (κ3) is 4.13. The van der Waals surface area contributed by atoms with Gasteiger partial charge in [-0.2, -0.15) is 0 Å². The van der Waals surface area contributed by atoms with Crippen LogP contribution in [0.2, 0.25) is 10.0 Å². The first-order chi connectivity index (χ1) is 9.60. The predicted octanol–water partition coefficient (Wildman–Crippen LogP) is 4.84. The molecule has 2 nitrogen and oxygen atoms in total. The molecule has 0 spiro atoms. The van der Waals surface area contributed by atoms with Crippen molar-refractivity contribution in [3.63, 3.8) is 0 Å². The number of nitrogens with two attached hydrogens (primary N) is 1. The molecule has 2 N–H and O–H groups in total. The van der Waals surface area contributed by atoms with Crippen LogP contribution < -0.4 is 10.5 Å². The standard InChI is InChI=1S/C15H14BrCl2NO/c16-14-3-2-13(8-10(14)5-6-19)20-9-11-7-12(17)1-4-15(11)18/h1-4,7-8H,5-6,9,19H2. The summed E-state index contributed by atoms with van der Waals surface area (Å²) >= 11 is 15.6. The highest BCUT2D eigenvalue weighted by molar-refractivity contribution is 9.10. The van der Waals surface area contributed by atoms with Crippen LogP contribution in [0, 0.1) is 0 Å². The molecular formula is C15H14BrCl2NO. The zero-order chi connectivity index (χ0) is 14.5. The van der Waals surface area contributed by atoms with E-state index in [0.717, 1.165) is 27.8 Å². The fraction of sp³-hybridized carbons (Fsp3) is 0.200. The van der Waals surface area contributed by atoms with E-state index in [2.05, 4.69) is 15.9 Å². The van der Waals surface area contributed by atoms with Gasteiger partial charge in [0.2, 0.25) is 0 Å². The third-order valence-electron chi connectivity index (χ3n) is 2.83. The van der Waals surface area contributed by atoms with Crippen molar-refractivity contribution in [1.82, 2.24) is 0 Å². The maximum atomic E-state index is 6.11. The van der Waals surface area contributed by atoms with Crippen LogP contribution in [-0.2, 0) is 13.0 Å². The summed E-state index contributed by atoms with van der Waals surface area (Å²) in [7, 11) is 0. The Morgan fingerprint density at radius 3 is 2.60 bits per heavy atom. The van der Waals surface area contributed by atoms with Crippen molar-refractivity contribution in [2.24, 2.45) is 5.73 Å². The molecule has 0 amide bonds. The zero-order valence-electron chi connectivity index (χ0n) is 10.7. The molecule has 0 aromatic heterocycles. The van der Waals surface area contributed by atoms with Crippen LogP contribution >= 0.6 is 39.1 Å². The largest absolute Gasteiger partial charge is 0.489 e. The number of ether oxygens (including phenoxy) is 1. The van der Waals surface area contributed by atoms with Crippen LogP contribution in [0.3, 0.4) is 0 Å². The van der Waals surface area contributed by atoms with Crippen LogP contribution in [0.5, 0.6) is 5.75 Å². The van der Waals surface area contributed by atoms with Gasteiger partial charge in [0.15, 0.2) is 0 Å². The molecule has 0 aliphatic rings. The molecule has 20 heavy (non-hydrogen) atoms. The van der Waals surface area contributed by atoms with E-state index in [-0.39, 0.29) is 0 Å². The number of hydrogen-bond donors (Lipinski definition) is 1. The first kappa shape index (κ1) is 15.6. The minimum Gasteiger partial charge on any atom is -0.489 e. The van der Waals surface area contributed by atoms with Gasteiger partial charge in [0, 0.05) is 20.1 Å². The fourth-order valence-corrected chi connectivity index (χ4v) is 2.61. The molecule has 106 valence electrons.